The van der Waals surface area contributed by atoms with Crippen molar-refractivity contribution in [2.45, 2.75) is 25.2 Å². The molecule has 184 valence electrons. The third-order valence-electron chi connectivity index (χ3n) is 4.91. The van der Waals surface area contributed by atoms with E-state index >= 15 is 0 Å². The highest BCUT2D eigenvalue weighted by atomic mass is 35.5. The third-order valence-corrected chi connectivity index (χ3v) is 6.18. The Labute approximate surface area is 222 Å². The second-order valence-corrected chi connectivity index (χ2v) is 9.36. The summed E-state index contributed by atoms with van der Waals surface area (Å²) < 4.78 is 8.38. The van der Waals surface area contributed by atoms with Gasteiger partial charge in [-0.1, -0.05) is 30.1 Å². The Hall–Kier alpha value is -3.51. The van der Waals surface area contributed by atoms with E-state index in [1.807, 2.05) is 19.1 Å². The predicted molar refractivity (Wildman–Crippen MR) is 141 cm³/mol. The van der Waals surface area contributed by atoms with Crippen molar-refractivity contribution in [1.29, 1.82) is 5.26 Å². The minimum absolute atomic E-state index is 0.0758. The van der Waals surface area contributed by atoms with Crippen LogP contribution in [0.5, 0.6) is 5.75 Å². The number of halogens is 2. The average Bonchev–Trinajstić information content (AvgIpc) is 2.86. The number of hydrogen-bond acceptors (Lipinski definition) is 6. The minimum atomic E-state index is -0.453. The third kappa shape index (κ3) is 7.25. The smallest absolute Gasteiger partial charge is 0.262 e. The molecule has 2 N–H and O–H groups in total. The number of carbonyl (C=O) groups is 3. The molecule has 0 atom stereocenters. The number of nitrogens with one attached hydrogen (secondary N) is 2. The van der Waals surface area contributed by atoms with E-state index in [-0.39, 0.29) is 40.0 Å². The average molecular weight is 542 g/mol. The SMILES string of the molecule is CCC(=O)NSc1ccc(NC(=O)COc2ccc(Cl)cc2C(=O)c2cc(Cl)cc(C#N)c2)c(C)c1. The van der Waals surface area contributed by atoms with Gasteiger partial charge in [0.05, 0.1) is 17.2 Å². The molecule has 7 nitrogen and oxygen atoms in total. The zero-order chi connectivity index (χ0) is 26.2. The van der Waals surface area contributed by atoms with Gasteiger partial charge >= 0.3 is 0 Å². The van der Waals surface area contributed by atoms with Crippen LogP contribution in [-0.4, -0.2) is 24.2 Å². The van der Waals surface area contributed by atoms with Crippen LogP contribution < -0.4 is 14.8 Å². The normalized spacial score (nSPS) is 10.3. The summed E-state index contributed by atoms with van der Waals surface area (Å²) in [4.78, 5) is 37.9. The van der Waals surface area contributed by atoms with Crippen LogP contribution in [0.2, 0.25) is 10.0 Å². The van der Waals surface area contributed by atoms with E-state index < -0.39 is 11.7 Å². The monoisotopic (exact) mass is 541 g/mol. The van der Waals surface area contributed by atoms with Gasteiger partial charge in [0.25, 0.3) is 5.91 Å². The molecule has 0 bridgehead atoms. The summed E-state index contributed by atoms with van der Waals surface area (Å²) in [6.07, 6.45) is 0.390. The molecule has 0 fully saturated rings. The van der Waals surface area contributed by atoms with Gasteiger partial charge in [0, 0.05) is 32.6 Å². The molecule has 3 aromatic carbocycles. The first-order valence-electron chi connectivity index (χ1n) is 10.7. The molecular formula is C26H21Cl2N3O4S. The zero-order valence-electron chi connectivity index (χ0n) is 19.4. The number of anilines is 1. The van der Waals surface area contributed by atoms with Crippen LogP contribution >= 0.6 is 35.1 Å². The van der Waals surface area contributed by atoms with Crippen molar-refractivity contribution in [1.82, 2.24) is 4.72 Å². The van der Waals surface area contributed by atoms with Crippen LogP contribution in [0.1, 0.15) is 40.4 Å². The number of carbonyl (C=O) groups excluding carboxylic acids is 3. The van der Waals surface area contributed by atoms with Gasteiger partial charge in [-0.25, -0.2) is 0 Å². The summed E-state index contributed by atoms with van der Waals surface area (Å²) in [5.41, 5.74) is 1.95. The van der Waals surface area contributed by atoms with Crippen LogP contribution in [0.25, 0.3) is 0 Å². The number of hydrogen-bond donors (Lipinski definition) is 2. The number of nitrogens with zero attached hydrogens (tertiary/aromatic N) is 1. The van der Waals surface area contributed by atoms with Crippen molar-refractivity contribution >= 4 is 58.4 Å². The Bertz CT molecular complexity index is 1370. The Balaban J connectivity index is 1.70. The van der Waals surface area contributed by atoms with E-state index in [9.17, 15) is 14.4 Å². The van der Waals surface area contributed by atoms with E-state index in [1.165, 1.54) is 42.3 Å². The molecule has 2 amide bonds. The molecule has 0 spiro atoms. The van der Waals surface area contributed by atoms with Crippen molar-refractivity contribution in [2.75, 3.05) is 11.9 Å². The highest BCUT2D eigenvalue weighted by molar-refractivity contribution is 7.98. The fourth-order valence-electron chi connectivity index (χ4n) is 3.10. The van der Waals surface area contributed by atoms with Crippen molar-refractivity contribution in [3.8, 4) is 11.8 Å². The molecule has 0 radical (unpaired) electrons. The number of ketones is 1. The van der Waals surface area contributed by atoms with Crippen molar-refractivity contribution < 1.29 is 19.1 Å². The molecule has 0 unspecified atom stereocenters. The molecule has 3 rings (SSSR count). The lowest BCUT2D eigenvalue weighted by atomic mass is 10.0. The molecule has 0 aliphatic carbocycles. The van der Waals surface area contributed by atoms with Gasteiger partial charge in [-0.15, -0.1) is 0 Å². The van der Waals surface area contributed by atoms with Gasteiger partial charge in [0.2, 0.25) is 5.91 Å². The van der Waals surface area contributed by atoms with Crippen LogP contribution in [0, 0.1) is 18.3 Å². The molecule has 36 heavy (non-hydrogen) atoms. The molecule has 0 aromatic heterocycles. The van der Waals surface area contributed by atoms with Crippen molar-refractivity contribution in [2.24, 2.45) is 0 Å². The Morgan fingerprint density at radius 3 is 2.47 bits per heavy atom. The Morgan fingerprint density at radius 2 is 1.78 bits per heavy atom. The lowest BCUT2D eigenvalue weighted by molar-refractivity contribution is -0.119. The van der Waals surface area contributed by atoms with Gasteiger partial charge < -0.3 is 10.1 Å². The van der Waals surface area contributed by atoms with Crippen LogP contribution in [0.4, 0.5) is 5.69 Å². The summed E-state index contributed by atoms with van der Waals surface area (Å²) in [5.74, 6) is -0.798. The molecule has 3 aromatic rings. The van der Waals surface area contributed by atoms with Gasteiger partial charge in [0.15, 0.2) is 12.4 Å². The predicted octanol–water partition coefficient (Wildman–Crippen LogP) is 5.96. The maximum atomic E-state index is 13.1. The van der Waals surface area contributed by atoms with Crippen LogP contribution in [-0.2, 0) is 9.59 Å². The molecular weight excluding hydrogens is 521 g/mol. The summed E-state index contributed by atoms with van der Waals surface area (Å²) in [6, 6.07) is 16.1. The molecule has 0 saturated carbocycles. The number of benzene rings is 3. The van der Waals surface area contributed by atoms with Gasteiger partial charge in [-0.3, -0.25) is 19.1 Å². The summed E-state index contributed by atoms with van der Waals surface area (Å²) >= 11 is 13.3. The molecule has 0 aliphatic heterocycles. The van der Waals surface area contributed by atoms with E-state index in [2.05, 4.69) is 10.0 Å². The number of aryl methyl sites for hydroxylation is 1. The fourth-order valence-corrected chi connectivity index (χ4v) is 4.26. The fraction of sp³-hybridized carbons (Fsp3) is 0.154. The molecule has 10 heteroatoms. The number of rotatable bonds is 9. The number of nitriles is 1. The van der Waals surface area contributed by atoms with Gasteiger partial charge in [-0.2, -0.15) is 5.26 Å². The van der Waals surface area contributed by atoms with E-state index in [0.29, 0.717) is 17.1 Å². The van der Waals surface area contributed by atoms with Crippen molar-refractivity contribution in [3.05, 3.63) is 86.9 Å². The van der Waals surface area contributed by atoms with Crippen LogP contribution in [0.3, 0.4) is 0 Å². The van der Waals surface area contributed by atoms with Crippen molar-refractivity contribution in [3.63, 3.8) is 0 Å². The second-order valence-electron chi connectivity index (χ2n) is 7.60. The lowest BCUT2D eigenvalue weighted by Crippen LogP contribution is -2.21. The second kappa shape index (κ2) is 12.5. The molecule has 0 saturated heterocycles. The first-order chi connectivity index (χ1) is 17.2. The summed E-state index contributed by atoms with van der Waals surface area (Å²) in [5, 5.41) is 12.5. The van der Waals surface area contributed by atoms with Crippen LogP contribution in [0.15, 0.2) is 59.5 Å². The molecule has 0 aliphatic rings. The summed E-state index contributed by atoms with van der Waals surface area (Å²) in [6.45, 7) is 3.24. The first-order valence-corrected chi connectivity index (χ1v) is 12.3. The van der Waals surface area contributed by atoms with E-state index in [0.717, 1.165) is 10.5 Å². The minimum Gasteiger partial charge on any atom is -0.483 e. The summed E-state index contributed by atoms with van der Waals surface area (Å²) in [7, 11) is 0. The van der Waals surface area contributed by atoms with E-state index in [4.69, 9.17) is 33.2 Å². The maximum absolute atomic E-state index is 13.1. The quantitative estimate of drug-likeness (QED) is 0.255. The Kier molecular flexibility index (Phi) is 9.37. The topological polar surface area (TPSA) is 108 Å². The van der Waals surface area contributed by atoms with Gasteiger partial charge in [0.1, 0.15) is 5.75 Å². The Morgan fingerprint density at radius 1 is 1.00 bits per heavy atom. The largest absolute Gasteiger partial charge is 0.483 e. The number of amides is 2. The maximum Gasteiger partial charge on any atom is 0.262 e. The zero-order valence-corrected chi connectivity index (χ0v) is 21.7. The molecule has 0 heterocycles. The highest BCUT2D eigenvalue weighted by Gasteiger charge is 2.18. The number of ether oxygens (including phenoxy) is 1. The van der Waals surface area contributed by atoms with E-state index in [1.54, 1.807) is 25.1 Å². The lowest BCUT2D eigenvalue weighted by Gasteiger charge is -2.13. The first kappa shape index (κ1) is 27.1. The van der Waals surface area contributed by atoms with Gasteiger partial charge in [-0.05, 0) is 79.0 Å². The highest BCUT2D eigenvalue weighted by Crippen LogP contribution is 2.28. The standard InChI is InChI=1S/C26H21Cl2N3O4S/c1-3-24(32)31-36-20-5-6-22(15(2)8-20)30-25(33)14-35-23-7-4-18(27)12-21(23)26(34)17-9-16(13-29)10-19(28)11-17/h4-12H,3,14H2,1-2H3,(H,30,33)(H,31,32).